The van der Waals surface area contributed by atoms with Crippen molar-refractivity contribution >= 4 is 161 Å². The van der Waals surface area contributed by atoms with E-state index in [1.165, 1.54) is 17.6 Å². The van der Waals surface area contributed by atoms with Gasteiger partial charge in [-0.3, -0.25) is 0 Å². The van der Waals surface area contributed by atoms with Crippen LogP contribution in [0.1, 0.15) is 27.8 Å². The second kappa shape index (κ2) is 15.3. The molecule has 0 amide bonds. The Kier molecular flexibility index (Phi) is 8.76. The van der Waals surface area contributed by atoms with E-state index in [1.54, 1.807) is 12.1 Å². The predicted octanol–water partition coefficient (Wildman–Crippen LogP) is 8.79. The monoisotopic (exact) mass is 1030 g/mol. The number of hydrogen-bond acceptors (Lipinski definition) is 4. The van der Waals surface area contributed by atoms with Crippen molar-refractivity contribution in [3.8, 4) is 0 Å². The molecule has 7 aliphatic rings. The normalized spacial score (nSPS) is 14.9. The molecular formula is C65H40B4F6N4. The summed E-state index contributed by atoms with van der Waals surface area (Å²) in [5, 5.41) is 0. The Morgan fingerprint density at radius 1 is 0.291 bits per heavy atom. The first-order valence-corrected chi connectivity index (χ1v) is 26.8. The lowest BCUT2D eigenvalue weighted by Crippen LogP contribution is -2.75. The average molecular weight is 1030 g/mol. The molecule has 0 bridgehead atoms. The molecule has 0 saturated heterocycles. The van der Waals surface area contributed by atoms with Crippen molar-refractivity contribution in [2.75, 3.05) is 19.6 Å². The standard InChI is InChI=1S/C65H40B4F6N4/c1-35-29-36(2)57(37(3)30-35)67-41-17-7-11-21-49(41)76(40-15-5-4-6-16-40)55-34-56-48(33-47(55)67)69-46-32-39(65(73,74)75)26-28-54(46)78-53-27-25-38(64(70,71)72)31-45(53)68-44-20-10-13-23-51(44)77-50-22-12-8-18-42(50)66-43-19-9-14-24-52(43)79(56)63-58(66)61(77)59(68)62(78)60(63)69/h4-34H,1-3H3. The maximum absolute atomic E-state index is 15.6. The third kappa shape index (κ3) is 5.75. The molecule has 0 aliphatic carbocycles. The van der Waals surface area contributed by atoms with E-state index < -0.39 is 36.9 Å². The second-order valence-corrected chi connectivity index (χ2v) is 22.3. The number of fused-ring (bicyclic) bond motifs is 20. The summed E-state index contributed by atoms with van der Waals surface area (Å²) in [5.41, 5.74) is 22.7. The van der Waals surface area contributed by atoms with Crippen LogP contribution < -0.4 is 85.2 Å². The third-order valence-electron chi connectivity index (χ3n) is 18.2. The van der Waals surface area contributed by atoms with Gasteiger partial charge in [0.1, 0.15) is 0 Å². The van der Waals surface area contributed by atoms with Crippen molar-refractivity contribution in [2.45, 2.75) is 33.1 Å². The maximum Gasteiger partial charge on any atom is 0.416 e. The van der Waals surface area contributed by atoms with Crippen LogP contribution in [0.3, 0.4) is 0 Å². The van der Waals surface area contributed by atoms with Gasteiger partial charge in [0, 0.05) is 68.2 Å². The summed E-state index contributed by atoms with van der Waals surface area (Å²) in [4.78, 5) is 9.07. The minimum atomic E-state index is -4.71. The van der Waals surface area contributed by atoms with Crippen LogP contribution in [0.5, 0.6) is 0 Å². The van der Waals surface area contributed by atoms with E-state index in [4.69, 9.17) is 0 Å². The zero-order chi connectivity index (χ0) is 53.3. The van der Waals surface area contributed by atoms with Crippen molar-refractivity contribution < 1.29 is 26.3 Å². The van der Waals surface area contributed by atoms with Crippen LogP contribution in [0.4, 0.5) is 94.6 Å². The van der Waals surface area contributed by atoms with Crippen LogP contribution in [-0.4, -0.2) is 26.9 Å². The van der Waals surface area contributed by atoms with Gasteiger partial charge in [-0.1, -0.05) is 143 Å². The summed E-state index contributed by atoms with van der Waals surface area (Å²) in [5.74, 6) is 0. The lowest BCUT2D eigenvalue weighted by atomic mass is 9.24. The lowest BCUT2D eigenvalue weighted by Gasteiger charge is -2.56. The van der Waals surface area contributed by atoms with Gasteiger partial charge in [0.15, 0.2) is 0 Å². The van der Waals surface area contributed by atoms with Gasteiger partial charge in [-0.25, -0.2) is 0 Å². The fraction of sp³-hybridized carbons (Fsp3) is 0.0769. The van der Waals surface area contributed by atoms with Gasteiger partial charge in [0.2, 0.25) is 6.71 Å². The molecule has 0 unspecified atom stereocenters. The Morgan fingerprint density at radius 2 is 0.620 bits per heavy atom. The minimum Gasteiger partial charge on any atom is -0.312 e. The molecule has 0 atom stereocenters. The van der Waals surface area contributed by atoms with Crippen molar-refractivity contribution in [3.63, 3.8) is 0 Å². The van der Waals surface area contributed by atoms with Gasteiger partial charge < -0.3 is 19.6 Å². The van der Waals surface area contributed by atoms with Gasteiger partial charge in [-0.05, 0) is 148 Å². The minimum absolute atomic E-state index is 0.277. The molecule has 0 saturated carbocycles. The molecule has 0 radical (unpaired) electrons. The van der Waals surface area contributed by atoms with Crippen LogP contribution in [0.25, 0.3) is 0 Å². The Bertz CT molecular complexity index is 4400. The van der Waals surface area contributed by atoms with E-state index in [0.29, 0.717) is 22.3 Å². The number of rotatable bonds is 2. The topological polar surface area (TPSA) is 13.0 Å². The highest BCUT2D eigenvalue weighted by Crippen LogP contribution is 2.53. The highest BCUT2D eigenvalue weighted by molar-refractivity contribution is 7.09. The molecule has 7 heterocycles. The van der Waals surface area contributed by atoms with E-state index in [9.17, 15) is 0 Å². The molecule has 17 rings (SSSR count). The number of anilines is 12. The molecule has 14 heteroatoms. The number of alkyl halides is 6. The zero-order valence-corrected chi connectivity index (χ0v) is 42.8. The van der Waals surface area contributed by atoms with Gasteiger partial charge in [-0.15, -0.1) is 0 Å². The number of aryl methyl sites for hydroxylation is 3. The molecule has 4 nitrogen and oxygen atoms in total. The number of hydrogen-bond donors (Lipinski definition) is 0. The largest absolute Gasteiger partial charge is 0.416 e. The summed E-state index contributed by atoms with van der Waals surface area (Å²) < 4.78 is 92.4. The summed E-state index contributed by atoms with van der Waals surface area (Å²) in [6.07, 6.45) is -9.37. The van der Waals surface area contributed by atoms with Crippen molar-refractivity contribution in [3.05, 3.63) is 216 Å². The van der Waals surface area contributed by atoms with E-state index in [2.05, 4.69) is 145 Å². The van der Waals surface area contributed by atoms with Crippen LogP contribution in [0.15, 0.2) is 188 Å². The first-order valence-electron chi connectivity index (χ1n) is 26.8. The Morgan fingerprint density at radius 3 is 1.06 bits per heavy atom. The summed E-state index contributed by atoms with van der Waals surface area (Å²) in [6, 6.07) is 60.9. The second-order valence-electron chi connectivity index (χ2n) is 22.3. The van der Waals surface area contributed by atoms with Gasteiger partial charge >= 0.3 is 12.4 Å². The molecule has 10 aromatic carbocycles. The van der Waals surface area contributed by atoms with Crippen molar-refractivity contribution in [1.82, 2.24) is 0 Å². The van der Waals surface area contributed by atoms with Crippen LogP contribution in [0, 0.1) is 20.8 Å². The fourth-order valence-corrected chi connectivity index (χ4v) is 15.5. The average Bonchev–Trinajstić information content (AvgIpc) is 1.19. The van der Waals surface area contributed by atoms with E-state index in [0.717, 1.165) is 135 Å². The predicted molar refractivity (Wildman–Crippen MR) is 314 cm³/mol. The zero-order valence-electron chi connectivity index (χ0n) is 42.8. The first kappa shape index (κ1) is 45.3. The Labute approximate surface area is 453 Å². The van der Waals surface area contributed by atoms with Crippen LogP contribution >= 0.6 is 0 Å². The Balaban J connectivity index is 1.07. The number of halogens is 6. The van der Waals surface area contributed by atoms with E-state index >= 15 is 26.3 Å². The quantitative estimate of drug-likeness (QED) is 0.127. The maximum atomic E-state index is 15.6. The fourth-order valence-electron chi connectivity index (χ4n) is 15.5. The third-order valence-corrected chi connectivity index (χ3v) is 18.2. The molecule has 374 valence electrons. The highest BCUT2D eigenvalue weighted by Gasteiger charge is 2.58. The van der Waals surface area contributed by atoms with E-state index in [1.807, 2.05) is 47.4 Å². The van der Waals surface area contributed by atoms with Crippen LogP contribution in [0.2, 0.25) is 0 Å². The van der Waals surface area contributed by atoms with Crippen molar-refractivity contribution in [2.24, 2.45) is 0 Å². The number of nitrogens with zero attached hydrogens (tertiary/aromatic N) is 4. The molecule has 0 N–H and O–H groups in total. The smallest absolute Gasteiger partial charge is 0.312 e. The summed E-state index contributed by atoms with van der Waals surface area (Å²) in [7, 11) is 0. The number of para-hydroxylation sites is 5. The molecule has 0 spiro atoms. The molecular weight excluding hydrogens is 994 g/mol. The van der Waals surface area contributed by atoms with Gasteiger partial charge in [0.25, 0.3) is 20.1 Å². The Hall–Kier alpha value is -8.76. The highest BCUT2D eigenvalue weighted by atomic mass is 19.4. The summed E-state index contributed by atoms with van der Waals surface area (Å²) in [6.45, 7) is 4.41. The summed E-state index contributed by atoms with van der Waals surface area (Å²) >= 11 is 0. The first-order chi connectivity index (χ1) is 38.3. The molecule has 0 aromatic heterocycles. The molecule has 7 aliphatic heterocycles. The number of benzene rings is 10. The van der Waals surface area contributed by atoms with Gasteiger partial charge in [-0.2, -0.15) is 26.3 Å². The molecule has 0 fully saturated rings. The van der Waals surface area contributed by atoms with Crippen molar-refractivity contribution in [1.29, 1.82) is 0 Å². The van der Waals surface area contributed by atoms with E-state index in [-0.39, 0.29) is 13.4 Å². The lowest BCUT2D eigenvalue weighted by molar-refractivity contribution is -0.138. The molecule has 79 heavy (non-hydrogen) atoms. The molecule has 10 aromatic rings. The van der Waals surface area contributed by atoms with Gasteiger partial charge in [0.05, 0.1) is 11.1 Å². The van der Waals surface area contributed by atoms with Crippen LogP contribution in [-0.2, 0) is 12.4 Å². The SMILES string of the molecule is Cc1cc(C)c(B2c3ccccc3N(c3ccccc3)c3cc4c(cc32)B2c3cc(C(F)(F)F)ccc3N3c5ccc(C(F)(F)F)cc5B5c6ccccc6N6c7ccccc7B7c8ccccc8N4c4c7c6c5c3c42)c(C)c1.